The van der Waals surface area contributed by atoms with E-state index in [2.05, 4.69) is 29.6 Å². The number of hydrogen-bond donors (Lipinski definition) is 1. The minimum atomic E-state index is -3.63. The van der Waals surface area contributed by atoms with Gasteiger partial charge in [0.2, 0.25) is 22.7 Å². The van der Waals surface area contributed by atoms with Gasteiger partial charge in [0.1, 0.15) is 6.54 Å². The van der Waals surface area contributed by atoms with E-state index in [1.54, 1.807) is 25.1 Å². The highest BCUT2D eigenvalue weighted by atomic mass is 32.2. The number of nitrogens with one attached hydrogen (secondary N) is 1. The summed E-state index contributed by atoms with van der Waals surface area (Å²) in [5.41, 5.74) is 2.80. The maximum atomic E-state index is 12.6. The van der Waals surface area contributed by atoms with Crippen molar-refractivity contribution in [2.45, 2.75) is 26.7 Å². The van der Waals surface area contributed by atoms with Gasteiger partial charge in [0.15, 0.2) is 11.5 Å². The fraction of sp³-hybridized carbons (Fsp3) is 0.381. The van der Waals surface area contributed by atoms with Gasteiger partial charge in [-0.1, -0.05) is 29.8 Å². The van der Waals surface area contributed by atoms with E-state index in [9.17, 15) is 13.2 Å². The molecule has 0 saturated carbocycles. The van der Waals surface area contributed by atoms with Crippen LogP contribution in [0.1, 0.15) is 24.5 Å². The van der Waals surface area contributed by atoms with Crippen molar-refractivity contribution in [1.29, 1.82) is 0 Å². The fourth-order valence-corrected chi connectivity index (χ4v) is 4.07. The molecule has 0 saturated heterocycles. The van der Waals surface area contributed by atoms with Crippen LogP contribution >= 0.6 is 0 Å². The van der Waals surface area contributed by atoms with Crippen molar-refractivity contribution >= 4 is 21.6 Å². The molecule has 0 unspecified atom stereocenters. The lowest BCUT2D eigenvalue weighted by molar-refractivity contribution is -0.119. The van der Waals surface area contributed by atoms with Gasteiger partial charge in [0, 0.05) is 12.6 Å². The first-order chi connectivity index (χ1) is 13.9. The number of rotatable bonds is 9. The first-order valence-corrected chi connectivity index (χ1v) is 11.2. The summed E-state index contributed by atoms with van der Waals surface area (Å²) in [5.74, 6) is 0.575. The lowest BCUT2D eigenvalue weighted by Crippen LogP contribution is -2.41. The maximum absolute atomic E-state index is 12.6. The zero-order valence-electron chi connectivity index (χ0n) is 16.7. The third kappa shape index (κ3) is 5.41. The molecule has 0 radical (unpaired) electrons. The molecule has 2 aromatic rings. The SMILES string of the molecule is CCS(=O)(=O)N(CC(=O)NCCCc1ccc(C)cc1)c1ccc2c(c1)OCO2. The summed E-state index contributed by atoms with van der Waals surface area (Å²) in [7, 11) is -3.63. The molecule has 0 spiro atoms. The minimum absolute atomic E-state index is 0.0980. The number of fused-ring (bicyclic) bond motifs is 1. The second kappa shape index (κ2) is 9.17. The molecular weight excluding hydrogens is 392 g/mol. The number of ether oxygens (including phenoxy) is 2. The molecule has 7 nitrogen and oxygen atoms in total. The predicted molar refractivity (Wildman–Crippen MR) is 112 cm³/mol. The van der Waals surface area contributed by atoms with Gasteiger partial charge < -0.3 is 14.8 Å². The van der Waals surface area contributed by atoms with Crippen LogP contribution < -0.4 is 19.1 Å². The molecule has 0 fully saturated rings. The summed E-state index contributed by atoms with van der Waals surface area (Å²) in [6.07, 6.45) is 1.62. The van der Waals surface area contributed by atoms with Gasteiger partial charge in [-0.15, -0.1) is 0 Å². The molecule has 1 aliphatic rings. The van der Waals surface area contributed by atoms with E-state index in [-0.39, 0.29) is 25.0 Å². The number of nitrogens with zero attached hydrogens (tertiary/aromatic N) is 1. The summed E-state index contributed by atoms with van der Waals surface area (Å²) in [6, 6.07) is 13.1. The number of hydrogen-bond acceptors (Lipinski definition) is 5. The molecular formula is C21H26N2O5S. The van der Waals surface area contributed by atoms with Crippen LogP contribution in [0.2, 0.25) is 0 Å². The fourth-order valence-electron chi connectivity index (χ4n) is 3.01. The maximum Gasteiger partial charge on any atom is 0.240 e. The Balaban J connectivity index is 1.59. The Kier molecular flexibility index (Phi) is 6.64. The van der Waals surface area contributed by atoms with Crippen LogP contribution in [0.4, 0.5) is 5.69 Å². The largest absolute Gasteiger partial charge is 0.454 e. The highest BCUT2D eigenvalue weighted by Gasteiger charge is 2.25. The normalized spacial score (nSPS) is 12.6. The van der Waals surface area contributed by atoms with Crippen LogP contribution in [0, 0.1) is 6.92 Å². The molecule has 0 atom stereocenters. The van der Waals surface area contributed by atoms with E-state index >= 15 is 0 Å². The lowest BCUT2D eigenvalue weighted by atomic mass is 10.1. The van der Waals surface area contributed by atoms with Crippen LogP contribution in [0.5, 0.6) is 11.5 Å². The molecule has 1 N–H and O–H groups in total. The third-order valence-electron chi connectivity index (χ3n) is 4.72. The standard InChI is InChI=1S/C21H26N2O5S/c1-3-29(25,26)23(18-10-11-19-20(13-18)28-15-27-19)14-21(24)22-12-4-5-17-8-6-16(2)7-9-17/h6-11,13H,3-5,12,14-15H2,1-2H3,(H,22,24). The predicted octanol–water partition coefficient (Wildman–Crippen LogP) is 2.63. The second-order valence-electron chi connectivity index (χ2n) is 6.88. The molecule has 0 aromatic heterocycles. The first-order valence-electron chi connectivity index (χ1n) is 9.61. The van der Waals surface area contributed by atoms with Gasteiger partial charge in [-0.3, -0.25) is 9.10 Å². The van der Waals surface area contributed by atoms with Crippen molar-refractivity contribution in [2.24, 2.45) is 0 Å². The van der Waals surface area contributed by atoms with Gasteiger partial charge in [0.25, 0.3) is 0 Å². The van der Waals surface area contributed by atoms with Crippen LogP contribution in [0.25, 0.3) is 0 Å². The van der Waals surface area contributed by atoms with Gasteiger partial charge in [0.05, 0.1) is 11.4 Å². The van der Waals surface area contributed by atoms with Crippen molar-refractivity contribution < 1.29 is 22.7 Å². The molecule has 0 aliphatic carbocycles. The lowest BCUT2D eigenvalue weighted by Gasteiger charge is -2.23. The van der Waals surface area contributed by atoms with E-state index in [4.69, 9.17) is 9.47 Å². The average molecular weight is 419 g/mol. The van der Waals surface area contributed by atoms with E-state index in [1.807, 2.05) is 6.92 Å². The number of anilines is 1. The summed E-state index contributed by atoms with van der Waals surface area (Å²) in [6.45, 7) is 3.89. The Morgan fingerprint density at radius 1 is 1.10 bits per heavy atom. The van der Waals surface area contributed by atoms with Crippen LogP contribution in [0.15, 0.2) is 42.5 Å². The zero-order valence-corrected chi connectivity index (χ0v) is 17.5. The number of carbonyl (C=O) groups is 1. The second-order valence-corrected chi connectivity index (χ2v) is 9.07. The minimum Gasteiger partial charge on any atom is -0.454 e. The Morgan fingerprint density at radius 2 is 1.83 bits per heavy atom. The highest BCUT2D eigenvalue weighted by molar-refractivity contribution is 7.92. The van der Waals surface area contributed by atoms with Gasteiger partial charge in [-0.05, 0) is 44.4 Å². The van der Waals surface area contributed by atoms with Crippen LogP contribution in [-0.4, -0.2) is 40.0 Å². The number of amides is 1. The van der Waals surface area contributed by atoms with E-state index in [1.165, 1.54) is 11.1 Å². The Bertz CT molecular complexity index is 958. The van der Waals surface area contributed by atoms with Crippen molar-refractivity contribution in [3.8, 4) is 11.5 Å². The smallest absolute Gasteiger partial charge is 0.240 e. The molecule has 1 heterocycles. The Morgan fingerprint density at radius 3 is 2.55 bits per heavy atom. The number of sulfonamides is 1. The van der Waals surface area contributed by atoms with Gasteiger partial charge in [-0.2, -0.15) is 0 Å². The molecule has 3 rings (SSSR count). The molecule has 156 valence electrons. The summed E-state index contributed by atoms with van der Waals surface area (Å²) in [5, 5.41) is 2.81. The third-order valence-corrected chi connectivity index (χ3v) is 6.46. The summed E-state index contributed by atoms with van der Waals surface area (Å²) >= 11 is 0. The monoisotopic (exact) mass is 418 g/mol. The Labute approximate surface area is 171 Å². The topological polar surface area (TPSA) is 84.9 Å². The summed E-state index contributed by atoms with van der Waals surface area (Å²) in [4.78, 5) is 12.4. The zero-order chi connectivity index (χ0) is 20.9. The van der Waals surface area contributed by atoms with Crippen LogP contribution in [-0.2, 0) is 21.2 Å². The molecule has 2 aromatic carbocycles. The average Bonchev–Trinajstić information content (AvgIpc) is 3.18. The molecule has 1 amide bonds. The highest BCUT2D eigenvalue weighted by Crippen LogP contribution is 2.36. The summed E-state index contributed by atoms with van der Waals surface area (Å²) < 4.78 is 36.8. The van der Waals surface area contributed by atoms with Crippen molar-refractivity contribution in [2.75, 3.05) is 29.9 Å². The number of carbonyl (C=O) groups excluding carboxylic acids is 1. The first kappa shape index (κ1) is 21.0. The van der Waals surface area contributed by atoms with Gasteiger partial charge in [-0.25, -0.2) is 8.42 Å². The van der Waals surface area contributed by atoms with Crippen molar-refractivity contribution in [3.05, 3.63) is 53.6 Å². The van der Waals surface area contributed by atoms with Crippen LogP contribution in [0.3, 0.4) is 0 Å². The number of benzene rings is 2. The number of aryl methyl sites for hydroxylation is 2. The van der Waals surface area contributed by atoms with E-state index in [0.29, 0.717) is 23.7 Å². The molecule has 29 heavy (non-hydrogen) atoms. The van der Waals surface area contributed by atoms with E-state index < -0.39 is 10.0 Å². The Hall–Kier alpha value is -2.74. The molecule has 8 heteroatoms. The van der Waals surface area contributed by atoms with Crippen molar-refractivity contribution in [3.63, 3.8) is 0 Å². The molecule has 0 bridgehead atoms. The quantitative estimate of drug-likeness (QED) is 0.633. The van der Waals surface area contributed by atoms with Gasteiger partial charge >= 0.3 is 0 Å². The van der Waals surface area contributed by atoms with Crippen molar-refractivity contribution in [1.82, 2.24) is 5.32 Å². The molecule has 1 aliphatic heterocycles. The van der Waals surface area contributed by atoms with E-state index in [0.717, 1.165) is 17.1 Å².